The van der Waals surface area contributed by atoms with Crippen molar-refractivity contribution in [2.75, 3.05) is 27.1 Å². The van der Waals surface area contributed by atoms with Gasteiger partial charge in [0.1, 0.15) is 11.9 Å². The Kier molecular flexibility index (Phi) is 4.87. The molecule has 5 heteroatoms. The van der Waals surface area contributed by atoms with Gasteiger partial charge in [0, 0.05) is 25.8 Å². The standard InChI is InChI=1S/C14H21NO4/c1-10(2)15-7-12(8-16-3)19-11-4-5-13-14(6-11)18-9-17-13/h4-6,10,12,15H,7-9H2,1-3H3. The summed E-state index contributed by atoms with van der Waals surface area (Å²) in [6.07, 6.45) is -0.0345. The van der Waals surface area contributed by atoms with Crippen LogP contribution in [0.1, 0.15) is 13.8 Å². The van der Waals surface area contributed by atoms with Crippen molar-refractivity contribution in [1.82, 2.24) is 5.32 Å². The van der Waals surface area contributed by atoms with Gasteiger partial charge in [0.15, 0.2) is 11.5 Å². The van der Waals surface area contributed by atoms with Gasteiger partial charge in [-0.25, -0.2) is 0 Å². The van der Waals surface area contributed by atoms with Crippen LogP contribution in [0.5, 0.6) is 17.2 Å². The van der Waals surface area contributed by atoms with E-state index in [1.165, 1.54) is 0 Å². The van der Waals surface area contributed by atoms with E-state index < -0.39 is 0 Å². The van der Waals surface area contributed by atoms with Crippen LogP contribution in [0.25, 0.3) is 0 Å². The highest BCUT2D eigenvalue weighted by Gasteiger charge is 2.16. The Hall–Kier alpha value is -1.46. The third-order valence-electron chi connectivity index (χ3n) is 2.75. The summed E-state index contributed by atoms with van der Waals surface area (Å²) in [5, 5.41) is 3.34. The molecule has 1 heterocycles. The predicted molar refractivity (Wildman–Crippen MR) is 72.0 cm³/mol. The lowest BCUT2D eigenvalue weighted by atomic mass is 10.3. The van der Waals surface area contributed by atoms with Crippen molar-refractivity contribution in [2.24, 2.45) is 0 Å². The summed E-state index contributed by atoms with van der Waals surface area (Å²) in [7, 11) is 1.67. The molecule has 5 nitrogen and oxygen atoms in total. The lowest BCUT2D eigenvalue weighted by Crippen LogP contribution is -2.37. The molecule has 1 aliphatic heterocycles. The Balaban J connectivity index is 1.96. The quantitative estimate of drug-likeness (QED) is 0.816. The van der Waals surface area contributed by atoms with E-state index in [-0.39, 0.29) is 12.9 Å². The molecule has 0 spiro atoms. The molecule has 1 N–H and O–H groups in total. The number of benzene rings is 1. The van der Waals surface area contributed by atoms with Gasteiger partial charge in [-0.15, -0.1) is 0 Å². The lowest BCUT2D eigenvalue weighted by Gasteiger charge is -2.20. The van der Waals surface area contributed by atoms with Gasteiger partial charge in [-0.05, 0) is 12.1 Å². The molecule has 0 aliphatic carbocycles. The smallest absolute Gasteiger partial charge is 0.231 e. The third-order valence-corrected chi connectivity index (χ3v) is 2.75. The molecular formula is C14H21NO4. The van der Waals surface area contributed by atoms with Gasteiger partial charge < -0.3 is 24.3 Å². The van der Waals surface area contributed by atoms with E-state index in [1.54, 1.807) is 7.11 Å². The van der Waals surface area contributed by atoms with Crippen molar-refractivity contribution in [3.63, 3.8) is 0 Å². The van der Waals surface area contributed by atoms with Crippen LogP contribution < -0.4 is 19.5 Å². The Morgan fingerprint density at radius 2 is 2.05 bits per heavy atom. The van der Waals surface area contributed by atoms with Crippen LogP contribution in [0, 0.1) is 0 Å². The molecule has 0 fully saturated rings. The van der Waals surface area contributed by atoms with Crippen molar-refractivity contribution < 1.29 is 18.9 Å². The molecule has 106 valence electrons. The summed E-state index contributed by atoms with van der Waals surface area (Å²) in [4.78, 5) is 0. The van der Waals surface area contributed by atoms with Gasteiger partial charge in [0.2, 0.25) is 6.79 Å². The van der Waals surface area contributed by atoms with Gasteiger partial charge in [0.25, 0.3) is 0 Å². The minimum absolute atomic E-state index is 0.0345. The lowest BCUT2D eigenvalue weighted by molar-refractivity contribution is 0.0792. The first-order chi connectivity index (χ1) is 9.19. The second kappa shape index (κ2) is 6.63. The zero-order valence-electron chi connectivity index (χ0n) is 11.6. The van der Waals surface area contributed by atoms with E-state index in [0.29, 0.717) is 12.6 Å². The monoisotopic (exact) mass is 267 g/mol. The molecule has 19 heavy (non-hydrogen) atoms. The molecule has 1 aromatic rings. The normalized spacial score (nSPS) is 14.7. The minimum Gasteiger partial charge on any atom is -0.487 e. The summed E-state index contributed by atoms with van der Waals surface area (Å²) in [5.74, 6) is 2.25. The Labute approximate surface area is 113 Å². The fourth-order valence-electron chi connectivity index (χ4n) is 1.83. The average molecular weight is 267 g/mol. The molecular weight excluding hydrogens is 246 g/mol. The van der Waals surface area contributed by atoms with Crippen LogP contribution in [0.3, 0.4) is 0 Å². The van der Waals surface area contributed by atoms with Crippen molar-refractivity contribution in [2.45, 2.75) is 26.0 Å². The van der Waals surface area contributed by atoms with Crippen LogP contribution in [0.2, 0.25) is 0 Å². The Bertz CT molecular complexity index is 408. The molecule has 2 rings (SSSR count). The molecule has 0 saturated carbocycles. The van der Waals surface area contributed by atoms with Gasteiger partial charge in [0.05, 0.1) is 6.61 Å². The van der Waals surface area contributed by atoms with Crippen LogP contribution >= 0.6 is 0 Å². The summed E-state index contributed by atoms with van der Waals surface area (Å²) in [6, 6.07) is 6.00. The van der Waals surface area contributed by atoms with Crippen molar-refractivity contribution in [3.8, 4) is 17.2 Å². The number of rotatable bonds is 7. The van der Waals surface area contributed by atoms with E-state index in [0.717, 1.165) is 23.8 Å². The third kappa shape index (κ3) is 4.01. The molecule has 1 aliphatic rings. The van der Waals surface area contributed by atoms with E-state index in [2.05, 4.69) is 19.2 Å². The van der Waals surface area contributed by atoms with Gasteiger partial charge in [-0.1, -0.05) is 13.8 Å². The van der Waals surface area contributed by atoms with Crippen LogP contribution in [-0.2, 0) is 4.74 Å². The Morgan fingerprint density at radius 1 is 1.26 bits per heavy atom. The van der Waals surface area contributed by atoms with Crippen molar-refractivity contribution in [1.29, 1.82) is 0 Å². The van der Waals surface area contributed by atoms with Gasteiger partial charge in [-0.2, -0.15) is 0 Å². The number of ether oxygens (including phenoxy) is 4. The zero-order chi connectivity index (χ0) is 13.7. The minimum atomic E-state index is -0.0345. The fourth-order valence-corrected chi connectivity index (χ4v) is 1.83. The van der Waals surface area contributed by atoms with E-state index in [9.17, 15) is 0 Å². The summed E-state index contributed by atoms with van der Waals surface area (Å²) >= 11 is 0. The number of hydrogen-bond donors (Lipinski definition) is 1. The first-order valence-corrected chi connectivity index (χ1v) is 6.47. The maximum Gasteiger partial charge on any atom is 0.231 e. The summed E-state index contributed by atoms with van der Waals surface area (Å²) in [5.41, 5.74) is 0. The topological polar surface area (TPSA) is 49.0 Å². The van der Waals surface area contributed by atoms with Gasteiger partial charge in [-0.3, -0.25) is 0 Å². The highest BCUT2D eigenvalue weighted by Crippen LogP contribution is 2.35. The molecule has 1 aromatic carbocycles. The van der Waals surface area contributed by atoms with Crippen LogP contribution in [-0.4, -0.2) is 39.2 Å². The second-order valence-electron chi connectivity index (χ2n) is 4.77. The molecule has 0 aromatic heterocycles. The highest BCUT2D eigenvalue weighted by atomic mass is 16.7. The van der Waals surface area contributed by atoms with E-state index in [1.807, 2.05) is 18.2 Å². The SMILES string of the molecule is COCC(CNC(C)C)Oc1ccc2c(c1)OCO2. The highest BCUT2D eigenvalue weighted by molar-refractivity contribution is 5.46. The molecule has 0 radical (unpaired) electrons. The van der Waals surface area contributed by atoms with Crippen LogP contribution in [0.15, 0.2) is 18.2 Å². The van der Waals surface area contributed by atoms with Gasteiger partial charge >= 0.3 is 0 Å². The molecule has 1 unspecified atom stereocenters. The first kappa shape index (κ1) is 14.0. The number of fused-ring (bicyclic) bond motifs is 1. The predicted octanol–water partition coefficient (Wildman–Crippen LogP) is 1.81. The summed E-state index contributed by atoms with van der Waals surface area (Å²) < 4.78 is 21.7. The van der Waals surface area contributed by atoms with E-state index in [4.69, 9.17) is 18.9 Å². The second-order valence-corrected chi connectivity index (χ2v) is 4.77. The molecule has 1 atom stereocenters. The molecule has 0 saturated heterocycles. The number of methoxy groups -OCH3 is 1. The van der Waals surface area contributed by atoms with E-state index >= 15 is 0 Å². The van der Waals surface area contributed by atoms with Crippen molar-refractivity contribution >= 4 is 0 Å². The fraction of sp³-hybridized carbons (Fsp3) is 0.571. The number of hydrogen-bond acceptors (Lipinski definition) is 5. The molecule has 0 bridgehead atoms. The zero-order valence-corrected chi connectivity index (χ0v) is 11.6. The molecule has 0 amide bonds. The average Bonchev–Trinajstić information content (AvgIpc) is 2.83. The largest absolute Gasteiger partial charge is 0.487 e. The Morgan fingerprint density at radius 3 is 2.79 bits per heavy atom. The van der Waals surface area contributed by atoms with Crippen LogP contribution in [0.4, 0.5) is 0 Å². The maximum atomic E-state index is 5.91. The van der Waals surface area contributed by atoms with Crippen molar-refractivity contribution in [3.05, 3.63) is 18.2 Å². The first-order valence-electron chi connectivity index (χ1n) is 6.47. The summed E-state index contributed by atoms with van der Waals surface area (Å²) in [6.45, 7) is 5.75. The number of nitrogens with one attached hydrogen (secondary N) is 1. The maximum absolute atomic E-state index is 5.91.